The fourth-order valence-corrected chi connectivity index (χ4v) is 3.47. The second-order valence-corrected chi connectivity index (χ2v) is 7.29. The van der Waals surface area contributed by atoms with E-state index in [1.54, 1.807) is 36.2 Å². The zero-order chi connectivity index (χ0) is 19.4. The quantitative estimate of drug-likeness (QED) is 0.903. The summed E-state index contributed by atoms with van der Waals surface area (Å²) in [6.45, 7) is 2.96. The van der Waals surface area contributed by atoms with Gasteiger partial charge in [0.15, 0.2) is 0 Å². The van der Waals surface area contributed by atoms with Crippen LogP contribution in [0, 0.1) is 6.92 Å². The molecule has 6 heteroatoms. The normalized spacial score (nSPS) is 15.9. The zero-order valence-corrected chi connectivity index (χ0v) is 16.1. The lowest BCUT2D eigenvalue weighted by Gasteiger charge is -2.42. The Labute approximate surface area is 160 Å². The molecule has 2 heterocycles. The molecule has 3 rings (SSSR count). The third-order valence-electron chi connectivity index (χ3n) is 5.01. The lowest BCUT2D eigenvalue weighted by atomic mass is 9.85. The highest BCUT2D eigenvalue weighted by Gasteiger charge is 2.43. The molecule has 142 valence electrons. The summed E-state index contributed by atoms with van der Waals surface area (Å²) in [5.74, 6) is -0.0486. The molecule has 1 aromatic carbocycles. The molecule has 0 spiro atoms. The van der Waals surface area contributed by atoms with Gasteiger partial charge in [0.1, 0.15) is 11.2 Å². The van der Waals surface area contributed by atoms with Gasteiger partial charge in [0.2, 0.25) is 5.91 Å². The third-order valence-corrected chi connectivity index (χ3v) is 5.01. The number of likely N-dealkylation sites (tertiary alicyclic amines) is 1. The number of aromatic nitrogens is 1. The van der Waals surface area contributed by atoms with E-state index in [9.17, 15) is 9.59 Å². The van der Waals surface area contributed by atoms with Crippen molar-refractivity contribution >= 4 is 17.5 Å². The first kappa shape index (κ1) is 18.9. The molecular weight excluding hydrogens is 340 g/mol. The van der Waals surface area contributed by atoms with Gasteiger partial charge in [-0.15, -0.1) is 0 Å². The first-order chi connectivity index (χ1) is 12.9. The van der Waals surface area contributed by atoms with Crippen LogP contribution in [0.1, 0.15) is 28.9 Å². The molecule has 1 aromatic heterocycles. The highest BCUT2D eigenvalue weighted by molar-refractivity contribution is 5.93. The Morgan fingerprint density at radius 1 is 1.07 bits per heavy atom. The predicted molar refractivity (Wildman–Crippen MR) is 106 cm³/mol. The van der Waals surface area contributed by atoms with Gasteiger partial charge in [-0.3, -0.25) is 14.6 Å². The van der Waals surface area contributed by atoms with Gasteiger partial charge < -0.3 is 15.1 Å². The fraction of sp³-hybridized carbons (Fsp3) is 0.381. The van der Waals surface area contributed by atoms with Crippen LogP contribution < -0.4 is 5.32 Å². The van der Waals surface area contributed by atoms with E-state index in [0.29, 0.717) is 31.6 Å². The molecule has 0 aliphatic carbocycles. The number of piperidine rings is 1. The van der Waals surface area contributed by atoms with E-state index >= 15 is 0 Å². The average Bonchev–Trinajstić information content (AvgIpc) is 2.68. The second kappa shape index (κ2) is 7.78. The molecule has 1 aliphatic rings. The van der Waals surface area contributed by atoms with E-state index in [2.05, 4.69) is 10.3 Å². The topological polar surface area (TPSA) is 65.5 Å². The largest absolute Gasteiger partial charge is 0.371 e. The maximum Gasteiger partial charge on any atom is 0.272 e. The molecule has 6 nitrogen and oxygen atoms in total. The molecule has 1 aliphatic heterocycles. The fourth-order valence-electron chi connectivity index (χ4n) is 3.47. The van der Waals surface area contributed by atoms with Crippen molar-refractivity contribution in [1.29, 1.82) is 0 Å². The van der Waals surface area contributed by atoms with Crippen LogP contribution >= 0.6 is 0 Å². The summed E-state index contributed by atoms with van der Waals surface area (Å²) < 4.78 is 0. The van der Waals surface area contributed by atoms with Crippen LogP contribution in [0.15, 0.2) is 48.7 Å². The lowest BCUT2D eigenvalue weighted by Crippen LogP contribution is -2.58. The number of nitrogens with zero attached hydrogens (tertiary/aromatic N) is 3. The Kier molecular flexibility index (Phi) is 5.44. The number of amides is 2. The summed E-state index contributed by atoms with van der Waals surface area (Å²) >= 11 is 0. The molecule has 0 bridgehead atoms. The first-order valence-electron chi connectivity index (χ1n) is 9.18. The van der Waals surface area contributed by atoms with Gasteiger partial charge in [0.05, 0.1) is 0 Å². The maximum absolute atomic E-state index is 13.0. The van der Waals surface area contributed by atoms with Crippen LogP contribution in [0.3, 0.4) is 0 Å². The van der Waals surface area contributed by atoms with E-state index in [1.165, 1.54) is 0 Å². The summed E-state index contributed by atoms with van der Waals surface area (Å²) in [7, 11) is 3.54. The minimum atomic E-state index is -0.706. The number of benzene rings is 1. The van der Waals surface area contributed by atoms with Crippen molar-refractivity contribution in [2.45, 2.75) is 25.3 Å². The molecule has 0 saturated carbocycles. The summed E-state index contributed by atoms with van der Waals surface area (Å²) in [5.41, 5.74) is 1.67. The Balaban J connectivity index is 1.76. The van der Waals surface area contributed by atoms with Gasteiger partial charge in [-0.2, -0.15) is 0 Å². The van der Waals surface area contributed by atoms with E-state index < -0.39 is 5.54 Å². The van der Waals surface area contributed by atoms with Gasteiger partial charge in [-0.1, -0.05) is 24.3 Å². The van der Waals surface area contributed by atoms with Crippen LogP contribution in [0.4, 0.5) is 5.69 Å². The molecule has 1 saturated heterocycles. The van der Waals surface area contributed by atoms with Gasteiger partial charge in [0, 0.05) is 39.1 Å². The van der Waals surface area contributed by atoms with E-state index in [-0.39, 0.29) is 11.8 Å². The predicted octanol–water partition coefficient (Wildman–Crippen LogP) is 2.57. The smallest absolute Gasteiger partial charge is 0.272 e. The highest BCUT2D eigenvalue weighted by atomic mass is 16.2. The monoisotopic (exact) mass is 366 g/mol. The van der Waals surface area contributed by atoms with Crippen molar-refractivity contribution in [3.63, 3.8) is 0 Å². The summed E-state index contributed by atoms with van der Waals surface area (Å²) in [5, 5.41) is 3.44. The molecule has 0 radical (unpaired) electrons. The molecule has 2 aromatic rings. The van der Waals surface area contributed by atoms with Crippen LogP contribution in [0.5, 0.6) is 0 Å². The summed E-state index contributed by atoms with van der Waals surface area (Å²) in [6.07, 6.45) is 2.81. The number of anilines is 1. The Hall–Kier alpha value is -2.89. The number of rotatable bonds is 4. The van der Waals surface area contributed by atoms with Gasteiger partial charge in [-0.05, 0) is 43.5 Å². The number of aryl methyl sites for hydroxylation is 1. The minimum absolute atomic E-state index is 0.0342. The van der Waals surface area contributed by atoms with Crippen molar-refractivity contribution in [3.8, 4) is 0 Å². The third kappa shape index (κ3) is 4.10. The summed E-state index contributed by atoms with van der Waals surface area (Å²) in [6, 6.07) is 13.4. The Bertz CT molecular complexity index is 795. The Morgan fingerprint density at radius 2 is 1.74 bits per heavy atom. The van der Waals surface area contributed by atoms with Crippen molar-refractivity contribution in [3.05, 3.63) is 59.9 Å². The van der Waals surface area contributed by atoms with Crippen LogP contribution in [0.25, 0.3) is 0 Å². The number of pyridine rings is 1. The maximum atomic E-state index is 13.0. The van der Waals surface area contributed by atoms with E-state index in [4.69, 9.17) is 0 Å². The molecule has 1 N–H and O–H groups in total. The number of para-hydroxylation sites is 1. The number of nitrogens with one attached hydrogen (secondary N) is 1. The van der Waals surface area contributed by atoms with Gasteiger partial charge >= 0.3 is 0 Å². The number of hydrogen-bond donors (Lipinski definition) is 1. The zero-order valence-electron chi connectivity index (χ0n) is 16.1. The minimum Gasteiger partial charge on any atom is -0.371 e. The highest BCUT2D eigenvalue weighted by Crippen LogP contribution is 2.29. The molecule has 1 fully saturated rings. The van der Waals surface area contributed by atoms with Crippen molar-refractivity contribution in [1.82, 2.24) is 14.8 Å². The number of likely N-dealkylation sites (N-methyl/N-ethyl adjacent to an activating group) is 1. The van der Waals surface area contributed by atoms with Gasteiger partial charge in [-0.25, -0.2) is 0 Å². The SMILES string of the molecule is Cc1ccc(C(=O)N2CCC(Nc3ccccc3)(C(=O)N(C)C)CC2)nc1. The second-order valence-electron chi connectivity index (χ2n) is 7.29. The molecular formula is C21H26N4O2. The van der Waals surface area contributed by atoms with Crippen LogP contribution in [0.2, 0.25) is 0 Å². The van der Waals surface area contributed by atoms with Crippen molar-refractivity contribution in [2.75, 3.05) is 32.5 Å². The van der Waals surface area contributed by atoms with Crippen LogP contribution in [-0.4, -0.2) is 59.3 Å². The van der Waals surface area contributed by atoms with Crippen molar-refractivity contribution < 1.29 is 9.59 Å². The first-order valence-corrected chi connectivity index (χ1v) is 9.18. The van der Waals surface area contributed by atoms with Crippen LogP contribution in [-0.2, 0) is 4.79 Å². The average molecular weight is 366 g/mol. The number of carbonyl (C=O) groups excluding carboxylic acids is 2. The van der Waals surface area contributed by atoms with Gasteiger partial charge in [0.25, 0.3) is 5.91 Å². The molecule has 27 heavy (non-hydrogen) atoms. The number of carbonyl (C=O) groups is 2. The standard InChI is InChI=1S/C21H26N4O2/c1-16-9-10-18(22-15-16)19(26)25-13-11-21(12-14-25,20(27)24(2)3)23-17-7-5-4-6-8-17/h4-10,15,23H,11-14H2,1-3H3. The van der Waals surface area contributed by atoms with E-state index in [0.717, 1.165) is 11.3 Å². The Morgan fingerprint density at radius 3 is 2.30 bits per heavy atom. The summed E-state index contributed by atoms with van der Waals surface area (Å²) in [4.78, 5) is 33.3. The number of hydrogen-bond acceptors (Lipinski definition) is 4. The molecule has 0 unspecified atom stereocenters. The van der Waals surface area contributed by atoms with Crippen molar-refractivity contribution in [2.24, 2.45) is 0 Å². The molecule has 0 atom stereocenters. The molecule has 2 amide bonds. The van der Waals surface area contributed by atoms with E-state index in [1.807, 2.05) is 43.3 Å². The lowest BCUT2D eigenvalue weighted by molar-refractivity contribution is -0.135.